The molecule has 0 spiro atoms. The summed E-state index contributed by atoms with van der Waals surface area (Å²) in [7, 11) is 0. The molecule has 2 heteroatoms. The van der Waals surface area contributed by atoms with Crippen molar-refractivity contribution in [3.63, 3.8) is 0 Å². The monoisotopic (exact) mass is 134 g/mol. The van der Waals surface area contributed by atoms with Crippen LogP contribution in [0.1, 0.15) is 13.3 Å². The zero-order valence-corrected chi connectivity index (χ0v) is 5.96. The van der Waals surface area contributed by atoms with E-state index in [4.69, 9.17) is 0 Å². The van der Waals surface area contributed by atoms with Crippen LogP contribution in [0.15, 0.2) is 28.4 Å². The maximum Gasteiger partial charge on any atom is 0.0742 e. The lowest BCUT2D eigenvalue weighted by molar-refractivity contribution is 0.639. The normalized spacial score (nSPS) is 28.7. The lowest BCUT2D eigenvalue weighted by atomic mass is 9.96. The molecule has 0 radical (unpaired) electrons. The molecule has 0 amide bonds. The first-order chi connectivity index (χ1) is 4.88. The molecule has 1 N–H and O–H groups in total. The quantitative estimate of drug-likeness (QED) is 0.529. The second-order valence-corrected chi connectivity index (χ2v) is 2.72. The van der Waals surface area contributed by atoms with E-state index in [0.29, 0.717) is 6.04 Å². The van der Waals surface area contributed by atoms with Crippen LogP contribution in [0, 0.1) is 0 Å². The summed E-state index contributed by atoms with van der Waals surface area (Å²) in [6, 6.07) is 0.463. The molecule has 10 heavy (non-hydrogen) atoms. The van der Waals surface area contributed by atoms with E-state index in [1.54, 1.807) is 0 Å². The fourth-order valence-electron chi connectivity index (χ4n) is 1.39. The first-order valence-corrected chi connectivity index (χ1v) is 3.54. The topological polar surface area (TPSA) is 24.4 Å². The van der Waals surface area contributed by atoms with Gasteiger partial charge in [0.25, 0.3) is 0 Å². The Morgan fingerprint density at radius 2 is 2.60 bits per heavy atom. The van der Waals surface area contributed by atoms with E-state index in [9.17, 15) is 0 Å². The van der Waals surface area contributed by atoms with E-state index >= 15 is 0 Å². The summed E-state index contributed by atoms with van der Waals surface area (Å²) in [5, 5.41) is 4.01. The van der Waals surface area contributed by atoms with Gasteiger partial charge < -0.3 is 5.43 Å². The van der Waals surface area contributed by atoms with Gasteiger partial charge in [0, 0.05) is 0 Å². The van der Waals surface area contributed by atoms with Crippen molar-refractivity contribution in [1.82, 2.24) is 5.43 Å². The van der Waals surface area contributed by atoms with Gasteiger partial charge in [-0.15, -0.1) is 0 Å². The summed E-state index contributed by atoms with van der Waals surface area (Å²) < 4.78 is 0. The summed E-state index contributed by atoms with van der Waals surface area (Å²) in [6.07, 6.45) is 7.34. The summed E-state index contributed by atoms with van der Waals surface area (Å²) in [5.74, 6) is 0. The van der Waals surface area contributed by atoms with Crippen molar-refractivity contribution in [2.24, 2.45) is 5.10 Å². The third-order valence-corrected chi connectivity index (χ3v) is 2.00. The minimum atomic E-state index is 0.463. The summed E-state index contributed by atoms with van der Waals surface area (Å²) >= 11 is 0. The zero-order chi connectivity index (χ0) is 6.97. The van der Waals surface area contributed by atoms with Crippen LogP contribution >= 0.6 is 0 Å². The molecule has 0 aromatic carbocycles. The second kappa shape index (κ2) is 1.97. The molecule has 1 atom stereocenters. The molecule has 0 saturated heterocycles. The van der Waals surface area contributed by atoms with Crippen LogP contribution in [0.4, 0.5) is 0 Å². The first kappa shape index (κ1) is 5.71. The molecule has 1 aliphatic carbocycles. The Kier molecular flexibility index (Phi) is 1.13. The van der Waals surface area contributed by atoms with Gasteiger partial charge in [0.05, 0.1) is 12.3 Å². The number of hydrogen-bond acceptors (Lipinski definition) is 2. The minimum absolute atomic E-state index is 0.463. The van der Waals surface area contributed by atoms with Crippen molar-refractivity contribution in [3.05, 3.63) is 23.3 Å². The maximum absolute atomic E-state index is 4.01. The zero-order valence-electron chi connectivity index (χ0n) is 5.96. The number of nitrogens with zero attached hydrogens (tertiary/aromatic N) is 1. The minimum Gasteiger partial charge on any atom is -0.302 e. The molecule has 0 aromatic rings. The Morgan fingerprint density at radius 3 is 3.40 bits per heavy atom. The van der Waals surface area contributed by atoms with Crippen molar-refractivity contribution in [2.75, 3.05) is 0 Å². The predicted molar refractivity (Wildman–Crippen MR) is 41.9 cm³/mol. The first-order valence-electron chi connectivity index (χ1n) is 3.54. The van der Waals surface area contributed by atoms with Crippen LogP contribution in [0.25, 0.3) is 0 Å². The molecule has 0 saturated carbocycles. The van der Waals surface area contributed by atoms with Crippen LogP contribution in [0.2, 0.25) is 0 Å². The molecule has 2 rings (SSSR count). The van der Waals surface area contributed by atoms with Gasteiger partial charge in [0.1, 0.15) is 0 Å². The van der Waals surface area contributed by atoms with E-state index in [1.165, 1.54) is 11.1 Å². The van der Waals surface area contributed by atoms with E-state index < -0.39 is 0 Å². The lowest BCUT2D eigenvalue weighted by Gasteiger charge is -2.14. The third-order valence-electron chi connectivity index (χ3n) is 2.00. The average Bonchev–Trinajstić information content (AvgIpc) is 2.36. The molecule has 2 nitrogen and oxygen atoms in total. The van der Waals surface area contributed by atoms with E-state index in [1.807, 2.05) is 6.21 Å². The maximum atomic E-state index is 4.01. The standard InChI is InChI=1S/C8H10N2/c1-6-3-2-4-8-7(6)5-9-10-8/h2-3,5,8,10H,4H2,1H3/t8-/m0/s1. The van der Waals surface area contributed by atoms with Gasteiger partial charge in [-0.2, -0.15) is 5.10 Å². The van der Waals surface area contributed by atoms with E-state index in [0.717, 1.165) is 6.42 Å². The lowest BCUT2D eigenvalue weighted by Crippen LogP contribution is -2.22. The largest absolute Gasteiger partial charge is 0.302 e. The highest BCUT2D eigenvalue weighted by Gasteiger charge is 2.19. The SMILES string of the molecule is CC1=C2C=NN[C@H]2CC=C1. The summed E-state index contributed by atoms with van der Waals surface area (Å²) in [5.41, 5.74) is 5.74. The predicted octanol–water partition coefficient (Wildman–Crippen LogP) is 1.22. The second-order valence-electron chi connectivity index (χ2n) is 2.72. The molecular formula is C8H10N2. The van der Waals surface area contributed by atoms with Crippen LogP contribution in [0.3, 0.4) is 0 Å². The number of hydrogen-bond donors (Lipinski definition) is 1. The smallest absolute Gasteiger partial charge is 0.0742 e. The highest BCUT2D eigenvalue weighted by atomic mass is 15.3. The molecule has 0 unspecified atom stereocenters. The molecule has 1 aliphatic heterocycles. The van der Waals surface area contributed by atoms with Crippen molar-refractivity contribution in [3.8, 4) is 0 Å². The van der Waals surface area contributed by atoms with Crippen molar-refractivity contribution in [2.45, 2.75) is 19.4 Å². The fraction of sp³-hybridized carbons (Fsp3) is 0.375. The number of allylic oxidation sites excluding steroid dienone is 2. The fourth-order valence-corrected chi connectivity index (χ4v) is 1.39. The molecule has 0 bridgehead atoms. The van der Waals surface area contributed by atoms with E-state index in [2.05, 4.69) is 29.6 Å². The Hall–Kier alpha value is -1.05. The van der Waals surface area contributed by atoms with Crippen LogP contribution in [0.5, 0.6) is 0 Å². The Labute approximate surface area is 60.3 Å². The number of nitrogens with one attached hydrogen (secondary N) is 1. The Bertz CT molecular complexity index is 236. The van der Waals surface area contributed by atoms with Gasteiger partial charge >= 0.3 is 0 Å². The van der Waals surface area contributed by atoms with Crippen molar-refractivity contribution in [1.29, 1.82) is 0 Å². The average molecular weight is 134 g/mol. The molecule has 0 aromatic heterocycles. The molecule has 2 aliphatic rings. The summed E-state index contributed by atoms with van der Waals surface area (Å²) in [6.45, 7) is 2.12. The molecule has 52 valence electrons. The summed E-state index contributed by atoms with van der Waals surface area (Å²) in [4.78, 5) is 0. The number of fused-ring (bicyclic) bond motifs is 1. The molecule has 1 heterocycles. The number of hydrazone groups is 1. The van der Waals surface area contributed by atoms with Crippen molar-refractivity contribution < 1.29 is 0 Å². The van der Waals surface area contributed by atoms with Crippen LogP contribution < -0.4 is 5.43 Å². The van der Waals surface area contributed by atoms with Gasteiger partial charge in [0.15, 0.2) is 0 Å². The van der Waals surface area contributed by atoms with Crippen LogP contribution in [-0.2, 0) is 0 Å². The highest BCUT2D eigenvalue weighted by Crippen LogP contribution is 2.20. The molecular weight excluding hydrogens is 124 g/mol. The Morgan fingerprint density at radius 1 is 1.70 bits per heavy atom. The van der Waals surface area contributed by atoms with Crippen LogP contribution in [-0.4, -0.2) is 12.3 Å². The van der Waals surface area contributed by atoms with E-state index in [-0.39, 0.29) is 0 Å². The number of rotatable bonds is 0. The van der Waals surface area contributed by atoms with Gasteiger partial charge in [-0.3, -0.25) is 0 Å². The van der Waals surface area contributed by atoms with Gasteiger partial charge in [-0.1, -0.05) is 12.2 Å². The Balaban J connectivity index is 2.41. The highest BCUT2D eigenvalue weighted by molar-refractivity contribution is 5.84. The third kappa shape index (κ3) is 0.685. The van der Waals surface area contributed by atoms with Gasteiger partial charge in [-0.25, -0.2) is 0 Å². The van der Waals surface area contributed by atoms with Gasteiger partial charge in [0.2, 0.25) is 0 Å². The van der Waals surface area contributed by atoms with Crippen molar-refractivity contribution >= 4 is 6.21 Å². The molecule has 0 fully saturated rings. The van der Waals surface area contributed by atoms with Gasteiger partial charge in [-0.05, 0) is 24.5 Å².